The zero-order valence-electron chi connectivity index (χ0n) is 28.1. The topological polar surface area (TPSA) is 92.2 Å². The summed E-state index contributed by atoms with van der Waals surface area (Å²) in [6.07, 6.45) is 12.8. The zero-order chi connectivity index (χ0) is 33.2. The highest BCUT2D eigenvalue weighted by Crippen LogP contribution is 2.43. The van der Waals surface area contributed by atoms with E-state index in [1.54, 1.807) is 22.3 Å². The van der Waals surface area contributed by atoms with Crippen molar-refractivity contribution in [3.05, 3.63) is 65.9 Å². The fraction of sp³-hybridized carbons (Fsp3) is 0.500. The highest BCUT2D eigenvalue weighted by molar-refractivity contribution is 7.18. The maximum atomic E-state index is 12.5. The first-order chi connectivity index (χ1) is 22.5. The summed E-state index contributed by atoms with van der Waals surface area (Å²) in [6, 6.07) is 13.9. The molecule has 1 aliphatic carbocycles. The van der Waals surface area contributed by atoms with Gasteiger partial charge in [0.15, 0.2) is 5.13 Å². The Morgan fingerprint density at radius 1 is 0.957 bits per heavy atom. The van der Waals surface area contributed by atoms with Crippen LogP contribution in [-0.4, -0.2) is 71.5 Å². The summed E-state index contributed by atoms with van der Waals surface area (Å²) < 4.78 is 11.7. The first-order valence-electron chi connectivity index (χ1n) is 17.0. The molecule has 2 aliphatic heterocycles. The highest BCUT2D eigenvalue weighted by Gasteiger charge is 2.42. The van der Waals surface area contributed by atoms with E-state index < -0.39 is 11.6 Å². The quantitative estimate of drug-likeness (QED) is 0.272. The van der Waals surface area contributed by atoms with Gasteiger partial charge in [-0.15, -0.1) is 0 Å². The number of aromatic carboxylic acids is 1. The number of methoxy groups -OCH3 is 1. The lowest BCUT2D eigenvalue weighted by Crippen LogP contribution is -2.50. The fourth-order valence-corrected chi connectivity index (χ4v) is 8.41. The van der Waals surface area contributed by atoms with Crippen LogP contribution in [0.2, 0.25) is 0 Å². The summed E-state index contributed by atoms with van der Waals surface area (Å²) in [5.41, 5.74) is 4.41. The summed E-state index contributed by atoms with van der Waals surface area (Å²) in [5, 5.41) is 11.0. The Labute approximate surface area is 282 Å². The van der Waals surface area contributed by atoms with Gasteiger partial charge >= 0.3 is 12.1 Å². The van der Waals surface area contributed by atoms with E-state index >= 15 is 0 Å². The van der Waals surface area contributed by atoms with Crippen LogP contribution in [0.25, 0.3) is 27.1 Å². The van der Waals surface area contributed by atoms with Crippen molar-refractivity contribution >= 4 is 34.1 Å². The third-order valence-corrected chi connectivity index (χ3v) is 11.2. The Morgan fingerprint density at radius 2 is 1.64 bits per heavy atom. The third-order valence-electron chi connectivity index (χ3n) is 10.1. The summed E-state index contributed by atoms with van der Waals surface area (Å²) >= 11 is 1.73. The first-order valence-corrected chi connectivity index (χ1v) is 17.8. The van der Waals surface area contributed by atoms with Crippen molar-refractivity contribution in [1.29, 1.82) is 0 Å². The van der Waals surface area contributed by atoms with Gasteiger partial charge in [0.25, 0.3) is 0 Å². The van der Waals surface area contributed by atoms with E-state index in [-0.39, 0.29) is 17.3 Å². The Hall–Kier alpha value is -3.69. The van der Waals surface area contributed by atoms with Gasteiger partial charge < -0.3 is 24.4 Å². The Bertz CT molecular complexity index is 1610. The van der Waals surface area contributed by atoms with Crippen LogP contribution in [-0.2, 0) is 9.47 Å². The van der Waals surface area contributed by atoms with E-state index in [0.717, 1.165) is 58.2 Å². The van der Waals surface area contributed by atoms with E-state index in [1.807, 2.05) is 52.3 Å². The number of benzene rings is 2. The number of carbonyl (C=O) groups excluding carboxylic acids is 1. The zero-order valence-corrected chi connectivity index (χ0v) is 28.9. The average Bonchev–Trinajstić information content (AvgIpc) is 3.58. The fourth-order valence-electron chi connectivity index (χ4n) is 7.44. The van der Waals surface area contributed by atoms with Crippen LogP contribution in [0.5, 0.6) is 0 Å². The van der Waals surface area contributed by atoms with E-state index in [2.05, 4.69) is 29.2 Å². The summed E-state index contributed by atoms with van der Waals surface area (Å²) in [5.74, 6) is -0.284. The van der Waals surface area contributed by atoms with E-state index in [9.17, 15) is 14.7 Å². The monoisotopic (exact) mass is 657 g/mol. The van der Waals surface area contributed by atoms with Crippen molar-refractivity contribution in [2.24, 2.45) is 5.92 Å². The maximum Gasteiger partial charge on any atom is 0.410 e. The minimum Gasteiger partial charge on any atom is -0.478 e. The van der Waals surface area contributed by atoms with Gasteiger partial charge in [-0.25, -0.2) is 14.6 Å². The van der Waals surface area contributed by atoms with Crippen molar-refractivity contribution < 1.29 is 24.2 Å². The number of carbonyl (C=O) groups is 2. The van der Waals surface area contributed by atoms with Gasteiger partial charge in [-0.05, 0) is 98.8 Å². The molecule has 1 aromatic heterocycles. The molecule has 3 aromatic rings. The molecule has 47 heavy (non-hydrogen) atoms. The molecule has 1 saturated carbocycles. The van der Waals surface area contributed by atoms with Crippen molar-refractivity contribution in [2.75, 3.05) is 38.2 Å². The lowest BCUT2D eigenvalue weighted by atomic mass is 9.72. The molecule has 0 bridgehead atoms. The number of thiazole rings is 1. The second kappa shape index (κ2) is 13.8. The molecule has 0 spiro atoms. The molecular weight excluding hydrogens is 611 g/mol. The molecular formula is C38H47N3O5S. The summed E-state index contributed by atoms with van der Waals surface area (Å²) in [6.45, 7) is 8.34. The van der Waals surface area contributed by atoms with Gasteiger partial charge in [0.2, 0.25) is 0 Å². The van der Waals surface area contributed by atoms with Gasteiger partial charge in [0, 0.05) is 39.5 Å². The third kappa shape index (κ3) is 7.41. The van der Waals surface area contributed by atoms with Gasteiger partial charge in [-0.2, -0.15) is 0 Å². The summed E-state index contributed by atoms with van der Waals surface area (Å²) in [4.78, 5) is 34.7. The second-order valence-corrected chi connectivity index (χ2v) is 15.2. The number of piperidine rings is 1. The molecule has 2 fully saturated rings. The second-order valence-electron chi connectivity index (χ2n) is 14.1. The van der Waals surface area contributed by atoms with E-state index in [1.165, 1.54) is 32.1 Å². The van der Waals surface area contributed by atoms with Crippen molar-refractivity contribution in [1.82, 2.24) is 9.88 Å². The Kier molecular flexibility index (Phi) is 9.76. The lowest BCUT2D eigenvalue weighted by Gasteiger charge is -2.47. The number of nitrogens with zero attached hydrogens (tertiary/aromatic N) is 3. The number of hydrogen-bond acceptors (Lipinski definition) is 7. The van der Waals surface area contributed by atoms with Crippen molar-refractivity contribution in [3.63, 3.8) is 0 Å². The van der Waals surface area contributed by atoms with Crippen LogP contribution >= 0.6 is 11.3 Å². The largest absolute Gasteiger partial charge is 0.478 e. The maximum absolute atomic E-state index is 12.5. The predicted molar refractivity (Wildman–Crippen MR) is 188 cm³/mol. The molecule has 8 nitrogen and oxygen atoms in total. The van der Waals surface area contributed by atoms with Crippen LogP contribution in [0, 0.1) is 5.92 Å². The Balaban J connectivity index is 1.14. The normalized spacial score (nSPS) is 18.9. The number of hydrogen-bond donors (Lipinski definition) is 1. The molecule has 2 aromatic carbocycles. The number of carboxylic acid groups (broad SMARTS) is 1. The number of rotatable bonds is 7. The van der Waals surface area contributed by atoms with Crippen LogP contribution < -0.4 is 4.90 Å². The number of ether oxygens (including phenoxy) is 2. The molecule has 1 amide bonds. The molecule has 1 saturated heterocycles. The molecule has 0 unspecified atom stereocenters. The molecule has 1 N–H and O–H groups in total. The standard InChI is InChI=1S/C38H47N3O5S/c1-37(2,3)46-36(44)41-20-16-27(17-21-41)32-24-29(14-15-31(32)34(42)43)26-10-12-28(13-11-26)33-25-39-35(47-33)40-22-18-38(45-4,19-23-40)30-8-6-5-7-9-30/h10-16,24-25,30H,5-9,17-23H2,1-4H3,(H,42,43). The summed E-state index contributed by atoms with van der Waals surface area (Å²) in [7, 11) is 1.91. The first kappa shape index (κ1) is 33.2. The molecule has 0 radical (unpaired) electrons. The van der Waals surface area contributed by atoms with Crippen LogP contribution in [0.3, 0.4) is 0 Å². The van der Waals surface area contributed by atoms with Crippen molar-refractivity contribution in [3.8, 4) is 21.6 Å². The minimum atomic E-state index is -0.964. The van der Waals surface area contributed by atoms with Gasteiger partial charge in [-0.1, -0.05) is 67.0 Å². The van der Waals surface area contributed by atoms with Crippen molar-refractivity contribution in [2.45, 2.75) is 83.3 Å². The van der Waals surface area contributed by atoms with Gasteiger partial charge in [0.1, 0.15) is 5.60 Å². The van der Waals surface area contributed by atoms with Gasteiger partial charge in [0.05, 0.1) is 16.0 Å². The minimum absolute atomic E-state index is 0.0172. The Morgan fingerprint density at radius 3 is 2.26 bits per heavy atom. The van der Waals surface area contributed by atoms with E-state index in [0.29, 0.717) is 31.0 Å². The van der Waals surface area contributed by atoms with Gasteiger partial charge in [-0.3, -0.25) is 0 Å². The van der Waals surface area contributed by atoms with Crippen LogP contribution in [0.4, 0.5) is 9.93 Å². The molecule has 6 rings (SSSR count). The molecule has 250 valence electrons. The van der Waals surface area contributed by atoms with Crippen LogP contribution in [0.15, 0.2) is 54.7 Å². The molecule has 9 heteroatoms. The predicted octanol–water partition coefficient (Wildman–Crippen LogP) is 8.77. The molecule has 3 heterocycles. The molecule has 0 atom stereocenters. The number of amides is 1. The van der Waals surface area contributed by atoms with Crippen LogP contribution in [0.1, 0.15) is 88.1 Å². The highest BCUT2D eigenvalue weighted by atomic mass is 32.1. The number of anilines is 1. The lowest BCUT2D eigenvalue weighted by molar-refractivity contribution is -0.0856. The smallest absolute Gasteiger partial charge is 0.410 e. The van der Waals surface area contributed by atoms with E-state index in [4.69, 9.17) is 14.5 Å². The number of carboxylic acids is 1. The average molecular weight is 658 g/mol. The SMILES string of the molecule is COC1(C2CCCCC2)CCN(c2ncc(-c3ccc(-c4ccc(C(=O)O)c(C5=CCN(C(=O)OC(C)(C)C)CC5)c4)cc3)s2)CC1. The molecule has 3 aliphatic rings. The number of aromatic nitrogens is 1.